The second kappa shape index (κ2) is 13.3. The van der Waals surface area contributed by atoms with Gasteiger partial charge in [-0.15, -0.1) is 11.8 Å². The fraction of sp³-hybridized carbons (Fsp3) is 0.417. The number of thioether (sulfide) groups is 1. The molecule has 0 aromatic heterocycles. The van der Waals surface area contributed by atoms with Crippen molar-refractivity contribution in [2.24, 2.45) is 0 Å². The molecule has 0 spiro atoms. The summed E-state index contributed by atoms with van der Waals surface area (Å²) in [4.78, 5) is 28.6. The first kappa shape index (κ1) is 24.3. The van der Waals surface area contributed by atoms with Crippen molar-refractivity contribution in [1.82, 2.24) is 10.2 Å². The molecular formula is C24H31ClN2O2S. The van der Waals surface area contributed by atoms with E-state index in [9.17, 15) is 9.59 Å². The highest BCUT2D eigenvalue weighted by atomic mass is 35.5. The molecule has 6 heteroatoms. The molecule has 0 unspecified atom stereocenters. The molecule has 1 N–H and O–H groups in total. The number of halogens is 1. The first-order valence-electron chi connectivity index (χ1n) is 10.5. The molecule has 0 heterocycles. The predicted octanol–water partition coefficient (Wildman–Crippen LogP) is 5.20. The van der Waals surface area contributed by atoms with Crippen LogP contribution in [0.4, 0.5) is 0 Å². The van der Waals surface area contributed by atoms with E-state index in [-0.39, 0.29) is 11.8 Å². The topological polar surface area (TPSA) is 49.4 Å². The molecular weight excluding hydrogens is 416 g/mol. The van der Waals surface area contributed by atoms with Crippen LogP contribution >= 0.6 is 23.4 Å². The van der Waals surface area contributed by atoms with Gasteiger partial charge in [-0.25, -0.2) is 0 Å². The quantitative estimate of drug-likeness (QED) is 0.456. The average Bonchev–Trinajstić information content (AvgIpc) is 2.77. The second-order valence-electron chi connectivity index (χ2n) is 7.09. The summed E-state index contributed by atoms with van der Waals surface area (Å²) >= 11 is 7.56. The maximum absolute atomic E-state index is 13.1. The first-order valence-corrected chi connectivity index (χ1v) is 11.9. The number of amides is 2. The van der Waals surface area contributed by atoms with Gasteiger partial charge < -0.3 is 10.2 Å². The smallest absolute Gasteiger partial charge is 0.242 e. The van der Waals surface area contributed by atoms with Crippen molar-refractivity contribution in [3.63, 3.8) is 0 Å². The van der Waals surface area contributed by atoms with Crippen molar-refractivity contribution in [1.29, 1.82) is 0 Å². The molecule has 0 aliphatic rings. The van der Waals surface area contributed by atoms with Gasteiger partial charge in [0.05, 0.1) is 0 Å². The molecule has 1 atom stereocenters. The monoisotopic (exact) mass is 446 g/mol. The van der Waals surface area contributed by atoms with Gasteiger partial charge >= 0.3 is 0 Å². The van der Waals surface area contributed by atoms with Crippen molar-refractivity contribution < 1.29 is 9.59 Å². The van der Waals surface area contributed by atoms with Crippen molar-refractivity contribution in [3.05, 3.63) is 65.2 Å². The lowest BCUT2D eigenvalue weighted by Crippen LogP contribution is -2.50. The SMILES string of the molecule is CCCNC(=O)[C@@H](CC)N(CCc1ccccc1)C(=O)CCSc1ccc(Cl)cc1. The third-order valence-electron chi connectivity index (χ3n) is 4.82. The fourth-order valence-electron chi connectivity index (χ4n) is 3.19. The number of hydrogen-bond donors (Lipinski definition) is 1. The molecule has 0 aliphatic carbocycles. The van der Waals surface area contributed by atoms with Crippen LogP contribution in [-0.2, 0) is 16.0 Å². The van der Waals surface area contributed by atoms with Crippen LogP contribution in [-0.4, -0.2) is 41.6 Å². The van der Waals surface area contributed by atoms with Gasteiger partial charge in [0.15, 0.2) is 0 Å². The Labute approximate surface area is 189 Å². The molecule has 162 valence electrons. The van der Waals surface area contributed by atoms with Crippen LogP contribution in [0.5, 0.6) is 0 Å². The standard InChI is InChI=1S/C24H31ClN2O2S/c1-3-16-26-24(29)22(4-2)27(17-14-19-8-6-5-7-9-19)23(28)15-18-30-21-12-10-20(25)11-13-21/h5-13,22H,3-4,14-18H2,1-2H3,(H,26,29)/t22-/m1/s1. The number of hydrogen-bond acceptors (Lipinski definition) is 3. The van der Waals surface area contributed by atoms with Crippen LogP contribution in [0, 0.1) is 0 Å². The maximum Gasteiger partial charge on any atom is 0.242 e. The molecule has 0 fully saturated rings. The number of carbonyl (C=O) groups is 2. The zero-order valence-electron chi connectivity index (χ0n) is 17.8. The van der Waals surface area contributed by atoms with Crippen LogP contribution in [0.2, 0.25) is 5.02 Å². The van der Waals surface area contributed by atoms with Crippen LogP contribution in [0.1, 0.15) is 38.7 Å². The summed E-state index contributed by atoms with van der Waals surface area (Å²) in [5.41, 5.74) is 1.16. The Morgan fingerprint density at radius 2 is 1.77 bits per heavy atom. The Morgan fingerprint density at radius 1 is 1.07 bits per heavy atom. The zero-order chi connectivity index (χ0) is 21.8. The highest BCUT2D eigenvalue weighted by Crippen LogP contribution is 2.22. The van der Waals surface area contributed by atoms with Crippen molar-refractivity contribution in [2.75, 3.05) is 18.8 Å². The minimum atomic E-state index is -0.437. The molecule has 0 radical (unpaired) electrons. The Kier molecular flexibility index (Phi) is 10.8. The zero-order valence-corrected chi connectivity index (χ0v) is 19.3. The molecule has 0 bridgehead atoms. The molecule has 0 aliphatic heterocycles. The third-order valence-corrected chi connectivity index (χ3v) is 6.08. The fourth-order valence-corrected chi connectivity index (χ4v) is 4.16. The van der Waals surface area contributed by atoms with Gasteiger partial charge in [0, 0.05) is 35.2 Å². The largest absolute Gasteiger partial charge is 0.354 e. The maximum atomic E-state index is 13.1. The summed E-state index contributed by atoms with van der Waals surface area (Å²) < 4.78 is 0. The summed E-state index contributed by atoms with van der Waals surface area (Å²) in [5, 5.41) is 3.65. The molecule has 2 aromatic rings. The van der Waals surface area contributed by atoms with Crippen LogP contribution in [0.3, 0.4) is 0 Å². The first-order chi connectivity index (χ1) is 14.5. The minimum absolute atomic E-state index is 0.0193. The molecule has 4 nitrogen and oxygen atoms in total. The number of carbonyl (C=O) groups excluding carboxylic acids is 2. The minimum Gasteiger partial charge on any atom is -0.354 e. The van der Waals surface area contributed by atoms with E-state index in [2.05, 4.69) is 17.4 Å². The molecule has 30 heavy (non-hydrogen) atoms. The lowest BCUT2D eigenvalue weighted by atomic mass is 10.1. The van der Waals surface area contributed by atoms with Crippen molar-refractivity contribution in [2.45, 2.75) is 50.5 Å². The molecule has 2 rings (SSSR count). The summed E-state index contributed by atoms with van der Waals surface area (Å²) in [7, 11) is 0. The van der Waals surface area contributed by atoms with Crippen LogP contribution in [0.25, 0.3) is 0 Å². The third kappa shape index (κ3) is 8.04. The highest BCUT2D eigenvalue weighted by molar-refractivity contribution is 7.99. The summed E-state index contributed by atoms with van der Waals surface area (Å²) in [6, 6.07) is 17.3. The van der Waals surface area contributed by atoms with Crippen LogP contribution < -0.4 is 5.32 Å². The molecule has 0 saturated heterocycles. The van der Waals surface area contributed by atoms with Gasteiger partial charge in [0.25, 0.3) is 0 Å². The van der Waals surface area contributed by atoms with Crippen LogP contribution in [0.15, 0.2) is 59.5 Å². The summed E-state index contributed by atoms with van der Waals surface area (Å²) in [6.45, 7) is 5.14. The summed E-state index contributed by atoms with van der Waals surface area (Å²) in [5.74, 6) is 0.618. The Hall–Kier alpha value is -1.98. The number of nitrogens with zero attached hydrogens (tertiary/aromatic N) is 1. The molecule has 2 amide bonds. The second-order valence-corrected chi connectivity index (χ2v) is 8.69. The Morgan fingerprint density at radius 3 is 2.40 bits per heavy atom. The van der Waals surface area contributed by atoms with E-state index in [0.717, 1.165) is 23.3 Å². The van der Waals surface area contributed by atoms with Gasteiger partial charge in [0.2, 0.25) is 11.8 Å². The van der Waals surface area contributed by atoms with Gasteiger partial charge in [-0.1, -0.05) is 55.8 Å². The molecule has 0 saturated carbocycles. The van der Waals surface area contributed by atoms with E-state index in [1.54, 1.807) is 16.7 Å². The van der Waals surface area contributed by atoms with Crippen molar-refractivity contribution >= 4 is 35.2 Å². The van der Waals surface area contributed by atoms with Crippen molar-refractivity contribution in [3.8, 4) is 0 Å². The lowest BCUT2D eigenvalue weighted by molar-refractivity contribution is -0.140. The van der Waals surface area contributed by atoms with E-state index in [4.69, 9.17) is 11.6 Å². The average molecular weight is 447 g/mol. The van der Waals surface area contributed by atoms with E-state index in [0.29, 0.717) is 36.7 Å². The highest BCUT2D eigenvalue weighted by Gasteiger charge is 2.27. The number of nitrogens with one attached hydrogen (secondary N) is 1. The lowest BCUT2D eigenvalue weighted by Gasteiger charge is -2.30. The number of benzene rings is 2. The van der Waals surface area contributed by atoms with E-state index in [1.165, 1.54) is 0 Å². The van der Waals surface area contributed by atoms with E-state index in [1.807, 2.05) is 56.3 Å². The van der Waals surface area contributed by atoms with Gasteiger partial charge in [-0.3, -0.25) is 9.59 Å². The number of rotatable bonds is 12. The molecule has 2 aromatic carbocycles. The summed E-state index contributed by atoms with van der Waals surface area (Å²) in [6.07, 6.45) is 2.59. The van der Waals surface area contributed by atoms with Gasteiger partial charge in [0.1, 0.15) is 6.04 Å². The normalized spacial score (nSPS) is 11.7. The van der Waals surface area contributed by atoms with E-state index >= 15 is 0 Å². The van der Waals surface area contributed by atoms with Gasteiger partial charge in [-0.05, 0) is 49.1 Å². The predicted molar refractivity (Wildman–Crippen MR) is 126 cm³/mol. The van der Waals surface area contributed by atoms with E-state index < -0.39 is 6.04 Å². The Bertz CT molecular complexity index is 784. The van der Waals surface area contributed by atoms with Gasteiger partial charge in [-0.2, -0.15) is 0 Å². The Balaban J connectivity index is 2.02.